The molecule has 1 aromatic carbocycles. The van der Waals surface area contributed by atoms with E-state index in [4.69, 9.17) is 4.74 Å². The summed E-state index contributed by atoms with van der Waals surface area (Å²) in [4.78, 5) is 11.6. The summed E-state index contributed by atoms with van der Waals surface area (Å²) in [5.41, 5.74) is 2.73. The van der Waals surface area contributed by atoms with Crippen LogP contribution in [0.1, 0.15) is 83.6 Å². The molecule has 0 fully saturated rings. The number of rotatable bonds is 16. The molecular weight excluding hydrogens is 457 g/mol. The standard InChI is InChI=1S/C27H37F3N2O3/c1-3-5-7-8-9-10-11-12-21-14-16-22(17-15-21)23-18-19-25(32-31-23)34-20-24(27(28,29)30)35-26(33)13-6-4-2/h14-19,24H,3-13,20H2,1-2H3. The normalized spacial score (nSPS) is 12.4. The molecule has 5 nitrogen and oxygen atoms in total. The Kier molecular flexibility index (Phi) is 12.6. The summed E-state index contributed by atoms with van der Waals surface area (Å²) >= 11 is 0. The van der Waals surface area contributed by atoms with Crippen molar-refractivity contribution in [1.29, 1.82) is 0 Å². The van der Waals surface area contributed by atoms with Crippen molar-refractivity contribution in [2.24, 2.45) is 0 Å². The van der Waals surface area contributed by atoms with E-state index >= 15 is 0 Å². The van der Waals surface area contributed by atoms with Crippen molar-refractivity contribution in [2.45, 2.75) is 96.8 Å². The van der Waals surface area contributed by atoms with Crippen molar-refractivity contribution in [3.63, 3.8) is 0 Å². The van der Waals surface area contributed by atoms with Crippen molar-refractivity contribution < 1.29 is 27.4 Å². The molecule has 0 saturated carbocycles. The van der Waals surface area contributed by atoms with E-state index in [2.05, 4.69) is 34.0 Å². The number of alkyl halides is 3. The number of carbonyl (C=O) groups excluding carboxylic acids is 1. The molecule has 194 valence electrons. The Balaban J connectivity index is 1.83. The molecule has 1 unspecified atom stereocenters. The first-order valence-corrected chi connectivity index (χ1v) is 12.7. The number of esters is 1. The maximum absolute atomic E-state index is 13.2. The molecule has 0 aliphatic carbocycles. The average molecular weight is 495 g/mol. The lowest BCUT2D eigenvalue weighted by atomic mass is 10.0. The zero-order valence-corrected chi connectivity index (χ0v) is 20.8. The van der Waals surface area contributed by atoms with Crippen LogP contribution in [0.4, 0.5) is 13.2 Å². The van der Waals surface area contributed by atoms with Crippen LogP contribution in [0.15, 0.2) is 36.4 Å². The number of benzene rings is 1. The van der Waals surface area contributed by atoms with Gasteiger partial charge in [-0.2, -0.15) is 13.2 Å². The molecule has 0 N–H and O–H groups in total. The summed E-state index contributed by atoms with van der Waals surface area (Å²) in [7, 11) is 0. The third-order valence-corrected chi connectivity index (χ3v) is 5.71. The lowest BCUT2D eigenvalue weighted by Gasteiger charge is -2.20. The number of unbranched alkanes of at least 4 members (excludes halogenated alkanes) is 7. The molecule has 0 radical (unpaired) electrons. The van der Waals surface area contributed by atoms with Gasteiger partial charge < -0.3 is 9.47 Å². The van der Waals surface area contributed by atoms with Gasteiger partial charge >= 0.3 is 12.1 Å². The first-order valence-electron chi connectivity index (χ1n) is 12.7. The maximum Gasteiger partial charge on any atom is 0.428 e. The Morgan fingerprint density at radius 1 is 0.857 bits per heavy atom. The first kappa shape index (κ1) is 28.6. The topological polar surface area (TPSA) is 61.3 Å². The molecule has 8 heteroatoms. The summed E-state index contributed by atoms with van der Waals surface area (Å²) in [6.45, 7) is 3.19. The molecule has 35 heavy (non-hydrogen) atoms. The molecule has 1 heterocycles. The van der Waals surface area contributed by atoms with Gasteiger partial charge in [-0.3, -0.25) is 4.79 Å². The van der Waals surface area contributed by atoms with Crippen molar-refractivity contribution in [1.82, 2.24) is 10.2 Å². The quantitative estimate of drug-likeness (QED) is 0.179. The van der Waals surface area contributed by atoms with E-state index in [1.54, 1.807) is 6.07 Å². The van der Waals surface area contributed by atoms with E-state index in [9.17, 15) is 18.0 Å². The molecule has 1 aromatic heterocycles. The van der Waals surface area contributed by atoms with E-state index in [0.717, 1.165) is 12.0 Å². The Bertz CT molecular complexity index is 855. The van der Waals surface area contributed by atoms with Crippen molar-refractivity contribution in [3.05, 3.63) is 42.0 Å². The summed E-state index contributed by atoms with van der Waals surface area (Å²) in [5.74, 6) is -0.960. The van der Waals surface area contributed by atoms with Gasteiger partial charge in [-0.15, -0.1) is 10.2 Å². The van der Waals surface area contributed by atoms with Gasteiger partial charge in [-0.25, -0.2) is 0 Å². The number of hydrogen-bond donors (Lipinski definition) is 0. The summed E-state index contributed by atoms with van der Waals surface area (Å²) < 4.78 is 49.3. The highest BCUT2D eigenvalue weighted by Crippen LogP contribution is 2.25. The second-order valence-corrected chi connectivity index (χ2v) is 8.76. The van der Waals surface area contributed by atoms with Crippen LogP contribution in [-0.2, 0) is 16.0 Å². The summed E-state index contributed by atoms with van der Waals surface area (Å²) in [6, 6.07) is 11.2. The fourth-order valence-corrected chi connectivity index (χ4v) is 3.57. The summed E-state index contributed by atoms with van der Waals surface area (Å²) in [5, 5.41) is 7.94. The van der Waals surface area contributed by atoms with Gasteiger partial charge in [0.05, 0.1) is 5.69 Å². The van der Waals surface area contributed by atoms with Crippen LogP contribution in [0.5, 0.6) is 5.88 Å². The lowest BCUT2D eigenvalue weighted by Crippen LogP contribution is -2.38. The van der Waals surface area contributed by atoms with Crippen molar-refractivity contribution >= 4 is 5.97 Å². The predicted molar refractivity (Wildman–Crippen MR) is 130 cm³/mol. The number of nitrogens with zero attached hydrogens (tertiary/aromatic N) is 2. The number of hydrogen-bond acceptors (Lipinski definition) is 5. The van der Waals surface area contributed by atoms with E-state index in [1.165, 1.54) is 56.6 Å². The zero-order chi connectivity index (χ0) is 25.5. The highest BCUT2D eigenvalue weighted by atomic mass is 19.4. The number of aryl methyl sites for hydroxylation is 1. The molecule has 0 aliphatic rings. The number of ether oxygens (including phenoxy) is 2. The highest BCUT2D eigenvalue weighted by molar-refractivity contribution is 5.69. The average Bonchev–Trinajstić information content (AvgIpc) is 2.85. The smallest absolute Gasteiger partial charge is 0.428 e. The van der Waals surface area contributed by atoms with E-state index in [0.29, 0.717) is 18.5 Å². The lowest BCUT2D eigenvalue weighted by molar-refractivity contribution is -0.227. The SMILES string of the molecule is CCCCCCCCCc1ccc(-c2ccc(OCC(OC(=O)CCCC)C(F)(F)F)nn2)cc1. The van der Waals surface area contributed by atoms with Gasteiger partial charge in [0, 0.05) is 18.1 Å². The summed E-state index contributed by atoms with van der Waals surface area (Å²) in [6.07, 6.45) is 3.97. The Hall–Kier alpha value is -2.64. The maximum atomic E-state index is 13.2. The Morgan fingerprint density at radius 2 is 1.51 bits per heavy atom. The van der Waals surface area contributed by atoms with Gasteiger partial charge in [-0.1, -0.05) is 83.1 Å². The third kappa shape index (κ3) is 11.1. The number of carbonyl (C=O) groups is 1. The minimum atomic E-state index is -4.73. The molecule has 0 spiro atoms. The molecule has 0 amide bonds. The number of halogens is 3. The van der Waals surface area contributed by atoms with Crippen LogP contribution in [0.3, 0.4) is 0 Å². The fourth-order valence-electron chi connectivity index (χ4n) is 3.57. The fraction of sp³-hybridized carbons (Fsp3) is 0.593. The van der Waals surface area contributed by atoms with Crippen LogP contribution >= 0.6 is 0 Å². The van der Waals surface area contributed by atoms with Crippen LogP contribution in [0.2, 0.25) is 0 Å². The van der Waals surface area contributed by atoms with Crippen LogP contribution in [0.25, 0.3) is 11.3 Å². The Morgan fingerprint density at radius 3 is 2.11 bits per heavy atom. The molecule has 0 aliphatic heterocycles. The minimum Gasteiger partial charge on any atom is -0.472 e. The second-order valence-electron chi connectivity index (χ2n) is 8.76. The van der Waals surface area contributed by atoms with Crippen LogP contribution < -0.4 is 4.74 Å². The van der Waals surface area contributed by atoms with Gasteiger partial charge in [0.2, 0.25) is 12.0 Å². The zero-order valence-electron chi connectivity index (χ0n) is 20.8. The first-order chi connectivity index (χ1) is 16.8. The van der Waals surface area contributed by atoms with Crippen molar-refractivity contribution in [3.8, 4) is 17.1 Å². The van der Waals surface area contributed by atoms with E-state index in [1.807, 2.05) is 19.1 Å². The van der Waals surface area contributed by atoms with Crippen molar-refractivity contribution in [2.75, 3.05) is 6.61 Å². The van der Waals surface area contributed by atoms with E-state index < -0.39 is 24.9 Å². The third-order valence-electron chi connectivity index (χ3n) is 5.71. The van der Waals surface area contributed by atoms with Gasteiger partial charge in [0.1, 0.15) is 6.61 Å². The molecule has 2 aromatic rings. The molecular formula is C27H37F3N2O3. The Labute approximate surface area is 206 Å². The predicted octanol–water partition coefficient (Wildman–Crippen LogP) is 7.48. The largest absolute Gasteiger partial charge is 0.472 e. The van der Waals surface area contributed by atoms with Gasteiger partial charge in [-0.05, 0) is 30.9 Å². The molecule has 0 saturated heterocycles. The molecule has 2 rings (SSSR count). The van der Waals surface area contributed by atoms with Crippen LogP contribution in [0, 0.1) is 0 Å². The highest BCUT2D eigenvalue weighted by Gasteiger charge is 2.43. The van der Waals surface area contributed by atoms with Gasteiger partial charge in [0.25, 0.3) is 0 Å². The van der Waals surface area contributed by atoms with Gasteiger partial charge in [0.15, 0.2) is 0 Å². The van der Waals surface area contributed by atoms with Crippen LogP contribution in [-0.4, -0.2) is 35.1 Å². The number of aromatic nitrogens is 2. The molecule has 0 bridgehead atoms. The monoisotopic (exact) mass is 494 g/mol. The minimum absolute atomic E-state index is 0.0601. The van der Waals surface area contributed by atoms with E-state index in [-0.39, 0.29) is 12.3 Å². The molecule has 1 atom stereocenters. The second kappa shape index (κ2) is 15.4.